The van der Waals surface area contributed by atoms with Crippen molar-refractivity contribution in [1.82, 2.24) is 5.32 Å². The number of hydrogen-bond donors (Lipinski definition) is 1. The van der Waals surface area contributed by atoms with Crippen molar-refractivity contribution in [3.63, 3.8) is 0 Å². The smallest absolute Gasteiger partial charge is 0.119 e. The lowest BCUT2D eigenvalue weighted by Crippen LogP contribution is -2.61. The van der Waals surface area contributed by atoms with E-state index in [0.29, 0.717) is 6.10 Å². The van der Waals surface area contributed by atoms with E-state index in [2.05, 4.69) is 26.1 Å². The van der Waals surface area contributed by atoms with Crippen LogP contribution < -0.4 is 5.32 Å². The van der Waals surface area contributed by atoms with Crippen LogP contribution >= 0.6 is 0 Å². The highest BCUT2D eigenvalue weighted by Gasteiger charge is 2.43. The Labute approximate surface area is 87.4 Å². The van der Waals surface area contributed by atoms with E-state index in [4.69, 9.17) is 4.74 Å². The van der Waals surface area contributed by atoms with Crippen molar-refractivity contribution >= 4 is 0 Å². The largest absolute Gasteiger partial charge is 0.357 e. The molecular formula is C12H23NO. The first kappa shape index (κ1) is 10.4. The second-order valence-electron chi connectivity index (χ2n) is 5.66. The highest BCUT2D eigenvalue weighted by molar-refractivity contribution is 4.93. The third kappa shape index (κ3) is 1.82. The number of hydrogen-bond acceptors (Lipinski definition) is 2. The Balaban J connectivity index is 2.03. The van der Waals surface area contributed by atoms with Crippen LogP contribution in [0.25, 0.3) is 0 Å². The summed E-state index contributed by atoms with van der Waals surface area (Å²) in [6.07, 6.45) is 6.80. The molecule has 1 saturated carbocycles. The van der Waals surface area contributed by atoms with Crippen molar-refractivity contribution in [2.75, 3.05) is 6.54 Å². The first-order valence-corrected chi connectivity index (χ1v) is 5.97. The van der Waals surface area contributed by atoms with E-state index in [1.54, 1.807) is 0 Å². The van der Waals surface area contributed by atoms with Crippen LogP contribution in [0.4, 0.5) is 0 Å². The predicted octanol–water partition coefficient (Wildman–Crippen LogP) is 2.68. The van der Waals surface area contributed by atoms with Gasteiger partial charge in [0, 0.05) is 12.0 Å². The fourth-order valence-electron chi connectivity index (χ4n) is 2.49. The molecule has 2 heteroatoms. The van der Waals surface area contributed by atoms with Crippen LogP contribution in [0.5, 0.6) is 0 Å². The average molecular weight is 197 g/mol. The third-order valence-electron chi connectivity index (χ3n) is 4.03. The van der Waals surface area contributed by atoms with Gasteiger partial charge in [0.05, 0.1) is 6.10 Å². The Morgan fingerprint density at radius 1 is 1.14 bits per heavy atom. The summed E-state index contributed by atoms with van der Waals surface area (Å²) < 4.78 is 6.22. The number of nitrogens with one attached hydrogen (secondary N) is 1. The molecule has 0 aromatic rings. The summed E-state index contributed by atoms with van der Waals surface area (Å²) >= 11 is 0. The van der Waals surface area contributed by atoms with E-state index in [0.717, 1.165) is 6.54 Å². The monoisotopic (exact) mass is 197 g/mol. The van der Waals surface area contributed by atoms with E-state index in [-0.39, 0.29) is 11.1 Å². The normalized spacial score (nSPS) is 35.8. The van der Waals surface area contributed by atoms with Gasteiger partial charge in [-0.2, -0.15) is 0 Å². The van der Waals surface area contributed by atoms with Crippen LogP contribution in [-0.4, -0.2) is 18.4 Å². The highest BCUT2D eigenvalue weighted by Crippen LogP contribution is 2.38. The van der Waals surface area contributed by atoms with Gasteiger partial charge in [-0.25, -0.2) is 0 Å². The van der Waals surface area contributed by atoms with Crippen LogP contribution in [-0.2, 0) is 4.74 Å². The minimum Gasteiger partial charge on any atom is -0.357 e. The molecule has 2 rings (SSSR count). The Kier molecular flexibility index (Phi) is 2.61. The van der Waals surface area contributed by atoms with Crippen molar-refractivity contribution in [2.24, 2.45) is 5.41 Å². The lowest BCUT2D eigenvalue weighted by Gasteiger charge is -2.50. The molecular weight excluding hydrogens is 174 g/mol. The Morgan fingerprint density at radius 3 is 2.36 bits per heavy atom. The molecule has 0 amide bonds. The zero-order chi connectivity index (χ0) is 10.2. The first-order chi connectivity index (χ1) is 6.54. The van der Waals surface area contributed by atoms with Gasteiger partial charge < -0.3 is 4.74 Å². The van der Waals surface area contributed by atoms with E-state index in [1.165, 1.54) is 32.1 Å². The molecule has 0 aromatic heterocycles. The molecule has 1 unspecified atom stereocenters. The topological polar surface area (TPSA) is 21.3 Å². The van der Waals surface area contributed by atoms with Gasteiger partial charge in [0.1, 0.15) is 5.72 Å². The van der Waals surface area contributed by atoms with Gasteiger partial charge in [-0.3, -0.25) is 5.32 Å². The molecule has 1 aliphatic heterocycles. The van der Waals surface area contributed by atoms with Crippen LogP contribution in [0.1, 0.15) is 52.9 Å². The SMILES string of the molecule is CC1OC2(CCCCC2)NCC1(C)C. The maximum atomic E-state index is 6.22. The molecule has 82 valence electrons. The summed E-state index contributed by atoms with van der Waals surface area (Å²) in [5, 5.41) is 3.63. The van der Waals surface area contributed by atoms with Crippen molar-refractivity contribution in [2.45, 2.75) is 64.7 Å². The first-order valence-electron chi connectivity index (χ1n) is 5.97. The maximum Gasteiger partial charge on any atom is 0.119 e. The van der Waals surface area contributed by atoms with Crippen molar-refractivity contribution in [1.29, 1.82) is 0 Å². The van der Waals surface area contributed by atoms with E-state index in [1.807, 2.05) is 0 Å². The van der Waals surface area contributed by atoms with Gasteiger partial charge >= 0.3 is 0 Å². The van der Waals surface area contributed by atoms with E-state index >= 15 is 0 Å². The minimum atomic E-state index is 0.0349. The summed E-state index contributed by atoms with van der Waals surface area (Å²) in [7, 11) is 0. The fraction of sp³-hybridized carbons (Fsp3) is 1.00. The van der Waals surface area contributed by atoms with Gasteiger partial charge in [-0.1, -0.05) is 20.3 Å². The molecule has 14 heavy (non-hydrogen) atoms. The molecule has 1 heterocycles. The van der Waals surface area contributed by atoms with E-state index in [9.17, 15) is 0 Å². The van der Waals surface area contributed by atoms with Gasteiger partial charge in [0.2, 0.25) is 0 Å². The Morgan fingerprint density at radius 2 is 1.79 bits per heavy atom. The summed E-state index contributed by atoms with van der Waals surface area (Å²) in [5.41, 5.74) is 0.315. The third-order valence-corrected chi connectivity index (χ3v) is 4.03. The second kappa shape index (κ2) is 3.49. The van der Waals surface area contributed by atoms with Gasteiger partial charge in [-0.15, -0.1) is 0 Å². The molecule has 1 saturated heterocycles. The summed E-state index contributed by atoms with van der Waals surface area (Å²) in [5.74, 6) is 0. The predicted molar refractivity (Wildman–Crippen MR) is 58.1 cm³/mol. The quantitative estimate of drug-likeness (QED) is 0.644. The van der Waals surface area contributed by atoms with Crippen LogP contribution in [0.3, 0.4) is 0 Å². The fourth-order valence-corrected chi connectivity index (χ4v) is 2.49. The number of rotatable bonds is 0. The van der Waals surface area contributed by atoms with E-state index < -0.39 is 0 Å². The molecule has 2 fully saturated rings. The highest BCUT2D eigenvalue weighted by atomic mass is 16.5. The average Bonchev–Trinajstić information content (AvgIpc) is 2.15. The molecule has 1 spiro atoms. The standard InChI is InChI=1S/C12H23NO/c1-10-11(2,3)9-13-12(14-10)7-5-4-6-8-12/h10,13H,4-9H2,1-3H3. The summed E-state index contributed by atoms with van der Waals surface area (Å²) in [6.45, 7) is 7.87. The van der Waals surface area contributed by atoms with Crippen molar-refractivity contribution < 1.29 is 4.74 Å². The van der Waals surface area contributed by atoms with Crippen molar-refractivity contribution in [3.05, 3.63) is 0 Å². The van der Waals surface area contributed by atoms with Gasteiger partial charge in [0.25, 0.3) is 0 Å². The Bertz CT molecular complexity index is 206. The van der Waals surface area contributed by atoms with Crippen molar-refractivity contribution in [3.8, 4) is 0 Å². The molecule has 0 radical (unpaired) electrons. The zero-order valence-electron chi connectivity index (χ0n) is 9.73. The van der Waals surface area contributed by atoms with Crippen LogP contribution in [0.2, 0.25) is 0 Å². The van der Waals surface area contributed by atoms with Crippen LogP contribution in [0, 0.1) is 5.41 Å². The summed E-state index contributed by atoms with van der Waals surface area (Å²) in [6, 6.07) is 0. The molecule has 0 bridgehead atoms. The molecule has 2 nitrogen and oxygen atoms in total. The van der Waals surface area contributed by atoms with Gasteiger partial charge in [-0.05, 0) is 32.6 Å². The molecule has 2 aliphatic rings. The van der Waals surface area contributed by atoms with Crippen LogP contribution in [0.15, 0.2) is 0 Å². The second-order valence-corrected chi connectivity index (χ2v) is 5.66. The minimum absolute atomic E-state index is 0.0349. The molecule has 1 atom stereocenters. The lowest BCUT2D eigenvalue weighted by atomic mass is 9.81. The Hall–Kier alpha value is -0.0800. The molecule has 1 aliphatic carbocycles. The van der Waals surface area contributed by atoms with Gasteiger partial charge in [0.15, 0.2) is 0 Å². The molecule has 0 aromatic carbocycles. The number of ether oxygens (including phenoxy) is 1. The lowest BCUT2D eigenvalue weighted by molar-refractivity contribution is -0.195. The zero-order valence-corrected chi connectivity index (χ0v) is 9.73. The summed E-state index contributed by atoms with van der Waals surface area (Å²) in [4.78, 5) is 0. The molecule has 1 N–H and O–H groups in total. The maximum absolute atomic E-state index is 6.22.